The summed E-state index contributed by atoms with van der Waals surface area (Å²) >= 11 is 7.51. The van der Waals surface area contributed by atoms with Crippen molar-refractivity contribution in [3.63, 3.8) is 0 Å². The minimum Gasteiger partial charge on any atom is -0.493 e. The largest absolute Gasteiger partial charge is 0.493 e. The maximum Gasteiger partial charge on any atom is 0.341 e. The normalized spacial score (nSPS) is 10.2. The summed E-state index contributed by atoms with van der Waals surface area (Å²) in [6, 6.07) is 15.8. The predicted molar refractivity (Wildman–Crippen MR) is 123 cm³/mol. The Kier molecular flexibility index (Phi) is 7.71. The van der Waals surface area contributed by atoms with Gasteiger partial charge in [0.1, 0.15) is 14.9 Å². The molecular formula is C23H19ClN2O5S. The number of methoxy groups -OCH3 is 1. The van der Waals surface area contributed by atoms with Crippen LogP contribution in [0.25, 0.3) is 11.1 Å². The Morgan fingerprint density at radius 2 is 1.91 bits per heavy atom. The number of amides is 1. The fourth-order valence-electron chi connectivity index (χ4n) is 2.91. The number of nitriles is 1. The van der Waals surface area contributed by atoms with Crippen LogP contribution in [0.2, 0.25) is 4.34 Å². The third-order valence-corrected chi connectivity index (χ3v) is 5.63. The monoisotopic (exact) mass is 470 g/mol. The molecule has 0 aliphatic heterocycles. The zero-order valence-corrected chi connectivity index (χ0v) is 18.9. The van der Waals surface area contributed by atoms with Crippen molar-refractivity contribution in [3.05, 3.63) is 64.0 Å². The van der Waals surface area contributed by atoms with Crippen molar-refractivity contribution >= 4 is 39.8 Å². The van der Waals surface area contributed by atoms with Gasteiger partial charge in [-0.15, -0.1) is 11.3 Å². The second-order valence-electron chi connectivity index (χ2n) is 6.36. The van der Waals surface area contributed by atoms with Gasteiger partial charge in [0.05, 0.1) is 25.3 Å². The van der Waals surface area contributed by atoms with Crippen molar-refractivity contribution in [1.29, 1.82) is 5.26 Å². The van der Waals surface area contributed by atoms with Crippen molar-refractivity contribution in [3.8, 4) is 28.7 Å². The van der Waals surface area contributed by atoms with Crippen LogP contribution in [0, 0.1) is 11.3 Å². The molecule has 0 unspecified atom stereocenters. The summed E-state index contributed by atoms with van der Waals surface area (Å²) in [5, 5.41) is 11.9. The minimum atomic E-state index is -0.584. The highest BCUT2D eigenvalue weighted by Crippen LogP contribution is 2.44. The summed E-state index contributed by atoms with van der Waals surface area (Å²) < 4.78 is 16.3. The molecule has 2 aromatic carbocycles. The lowest BCUT2D eigenvalue weighted by atomic mass is 10.0. The Bertz CT molecular complexity index is 1170. The highest BCUT2D eigenvalue weighted by Gasteiger charge is 2.26. The SMILES string of the molecule is CCOC(=O)c1c(NC(=O)COc2ccc(C#N)cc2OC)sc(Cl)c1-c1ccccc1. The van der Waals surface area contributed by atoms with Crippen molar-refractivity contribution in [2.45, 2.75) is 6.92 Å². The number of nitrogens with zero attached hydrogens (tertiary/aromatic N) is 1. The number of nitrogens with one attached hydrogen (secondary N) is 1. The number of rotatable bonds is 8. The molecule has 3 aromatic rings. The molecule has 0 fully saturated rings. The highest BCUT2D eigenvalue weighted by molar-refractivity contribution is 7.21. The van der Waals surface area contributed by atoms with Crippen molar-refractivity contribution < 1.29 is 23.8 Å². The Hall–Kier alpha value is -3.54. The quantitative estimate of drug-likeness (QED) is 0.457. The van der Waals surface area contributed by atoms with E-state index in [0.29, 0.717) is 27.0 Å². The maximum atomic E-state index is 12.7. The van der Waals surface area contributed by atoms with E-state index in [1.807, 2.05) is 36.4 Å². The number of thiophene rings is 1. The van der Waals surface area contributed by atoms with Crippen LogP contribution in [0.3, 0.4) is 0 Å². The third-order valence-electron chi connectivity index (χ3n) is 4.31. The predicted octanol–water partition coefficient (Wildman–Crippen LogP) is 5.14. The Balaban J connectivity index is 1.83. The molecule has 1 N–H and O–H groups in total. The summed E-state index contributed by atoms with van der Waals surface area (Å²) in [5.74, 6) is -0.449. The number of hydrogen-bond donors (Lipinski definition) is 1. The lowest BCUT2D eigenvalue weighted by Gasteiger charge is -2.11. The van der Waals surface area contributed by atoms with E-state index in [1.54, 1.807) is 19.1 Å². The molecule has 0 aliphatic rings. The second kappa shape index (κ2) is 10.7. The molecule has 0 saturated carbocycles. The maximum absolute atomic E-state index is 12.7. The molecule has 9 heteroatoms. The van der Waals surface area contributed by atoms with Gasteiger partial charge in [0.15, 0.2) is 18.1 Å². The van der Waals surface area contributed by atoms with Gasteiger partial charge in [0.25, 0.3) is 5.91 Å². The average molecular weight is 471 g/mol. The number of esters is 1. The standard InChI is InChI=1S/C23H19ClN2O5S/c1-3-30-23(28)20-19(15-7-5-4-6-8-15)21(24)32-22(20)26-18(27)13-31-16-10-9-14(12-25)11-17(16)29-2/h4-11H,3,13H2,1-2H3,(H,26,27). The fraction of sp³-hybridized carbons (Fsp3) is 0.174. The van der Waals surface area contributed by atoms with E-state index in [2.05, 4.69) is 5.32 Å². The third kappa shape index (κ3) is 5.19. The summed E-state index contributed by atoms with van der Waals surface area (Å²) in [6.45, 7) is 1.53. The zero-order valence-electron chi connectivity index (χ0n) is 17.3. The minimum absolute atomic E-state index is 0.176. The summed E-state index contributed by atoms with van der Waals surface area (Å²) in [7, 11) is 1.44. The van der Waals surface area contributed by atoms with Crippen molar-refractivity contribution in [2.24, 2.45) is 0 Å². The number of benzene rings is 2. The number of ether oxygens (including phenoxy) is 3. The number of carbonyl (C=O) groups excluding carboxylic acids is 2. The molecular weight excluding hydrogens is 452 g/mol. The second-order valence-corrected chi connectivity index (χ2v) is 7.98. The van der Waals surface area contributed by atoms with Crippen LogP contribution in [0.1, 0.15) is 22.8 Å². The van der Waals surface area contributed by atoms with Gasteiger partial charge in [0.2, 0.25) is 0 Å². The zero-order chi connectivity index (χ0) is 23.1. The van der Waals surface area contributed by atoms with Gasteiger partial charge >= 0.3 is 5.97 Å². The molecule has 3 rings (SSSR count). The molecule has 0 spiro atoms. The van der Waals surface area contributed by atoms with Crippen LogP contribution in [-0.4, -0.2) is 32.2 Å². The highest BCUT2D eigenvalue weighted by atomic mass is 35.5. The van der Waals surface area contributed by atoms with Gasteiger partial charge in [-0.3, -0.25) is 4.79 Å². The molecule has 1 heterocycles. The first-order valence-corrected chi connectivity index (χ1v) is 10.7. The Morgan fingerprint density at radius 3 is 2.56 bits per heavy atom. The molecule has 0 radical (unpaired) electrons. The number of halogens is 1. The molecule has 1 aromatic heterocycles. The number of anilines is 1. The number of carbonyl (C=O) groups is 2. The van der Waals surface area contributed by atoms with Crippen LogP contribution < -0.4 is 14.8 Å². The van der Waals surface area contributed by atoms with E-state index < -0.39 is 11.9 Å². The van der Waals surface area contributed by atoms with Gasteiger partial charge in [0, 0.05) is 11.6 Å². The van der Waals surface area contributed by atoms with E-state index in [0.717, 1.165) is 16.9 Å². The average Bonchev–Trinajstić information content (AvgIpc) is 3.13. The Labute approximate surface area is 194 Å². The van der Waals surface area contributed by atoms with E-state index in [4.69, 9.17) is 31.1 Å². The van der Waals surface area contributed by atoms with Gasteiger partial charge < -0.3 is 19.5 Å². The van der Waals surface area contributed by atoms with Gasteiger partial charge in [-0.25, -0.2) is 4.79 Å². The van der Waals surface area contributed by atoms with Gasteiger partial charge in [-0.05, 0) is 24.6 Å². The van der Waals surface area contributed by atoms with E-state index >= 15 is 0 Å². The molecule has 0 aliphatic carbocycles. The van der Waals surface area contributed by atoms with E-state index in [1.165, 1.54) is 13.2 Å². The molecule has 0 bridgehead atoms. The van der Waals surface area contributed by atoms with Crippen LogP contribution in [0.15, 0.2) is 48.5 Å². The van der Waals surface area contributed by atoms with Crippen molar-refractivity contribution in [1.82, 2.24) is 0 Å². The molecule has 0 saturated heterocycles. The lowest BCUT2D eigenvalue weighted by molar-refractivity contribution is -0.118. The lowest BCUT2D eigenvalue weighted by Crippen LogP contribution is -2.21. The molecule has 1 amide bonds. The summed E-state index contributed by atoms with van der Waals surface area (Å²) in [5.41, 5.74) is 1.83. The Morgan fingerprint density at radius 1 is 1.16 bits per heavy atom. The topological polar surface area (TPSA) is 97.6 Å². The van der Waals surface area contributed by atoms with Gasteiger partial charge in [-0.2, -0.15) is 5.26 Å². The van der Waals surface area contributed by atoms with Crippen LogP contribution in [0.4, 0.5) is 5.00 Å². The molecule has 7 nitrogen and oxygen atoms in total. The first-order chi connectivity index (χ1) is 15.5. The summed E-state index contributed by atoms with van der Waals surface area (Å²) in [6.07, 6.45) is 0. The smallest absolute Gasteiger partial charge is 0.341 e. The number of hydrogen-bond acceptors (Lipinski definition) is 7. The summed E-state index contributed by atoms with van der Waals surface area (Å²) in [4.78, 5) is 25.3. The first-order valence-electron chi connectivity index (χ1n) is 9.54. The molecule has 0 atom stereocenters. The van der Waals surface area contributed by atoms with E-state index in [9.17, 15) is 9.59 Å². The van der Waals surface area contributed by atoms with Crippen LogP contribution in [-0.2, 0) is 9.53 Å². The fourth-order valence-corrected chi connectivity index (χ4v) is 4.30. The van der Waals surface area contributed by atoms with Gasteiger partial charge in [-0.1, -0.05) is 41.9 Å². The van der Waals surface area contributed by atoms with Crippen LogP contribution >= 0.6 is 22.9 Å². The van der Waals surface area contributed by atoms with Crippen LogP contribution in [0.5, 0.6) is 11.5 Å². The van der Waals surface area contributed by atoms with Crippen molar-refractivity contribution in [2.75, 3.05) is 25.6 Å². The molecule has 164 valence electrons. The first kappa shape index (κ1) is 23.1. The molecule has 32 heavy (non-hydrogen) atoms. The van der Waals surface area contributed by atoms with E-state index in [-0.39, 0.29) is 23.8 Å².